The Morgan fingerprint density at radius 3 is 2.94 bits per heavy atom. The molecule has 0 aliphatic heterocycles. The lowest BCUT2D eigenvalue weighted by molar-refractivity contribution is 0.102. The number of hydrogen-bond acceptors (Lipinski definition) is 4. The lowest BCUT2D eigenvalue weighted by Crippen LogP contribution is -2.15. The van der Waals surface area contributed by atoms with Gasteiger partial charge in [-0.2, -0.15) is 10.4 Å². The number of halogens is 1. The second kappa shape index (κ2) is 4.98. The normalized spacial score (nSPS) is 9.83. The summed E-state index contributed by atoms with van der Waals surface area (Å²) in [5, 5.41) is 15.4. The molecule has 0 atom stereocenters. The fraction of sp³-hybridized carbons (Fsp3) is 0.0909. The van der Waals surface area contributed by atoms with Crippen LogP contribution in [0.1, 0.15) is 15.9 Å². The van der Waals surface area contributed by atoms with Crippen LogP contribution in [0.5, 0.6) is 0 Å². The van der Waals surface area contributed by atoms with Crippen LogP contribution < -0.4 is 5.32 Å². The molecule has 2 rings (SSSR count). The van der Waals surface area contributed by atoms with E-state index in [9.17, 15) is 4.79 Å². The van der Waals surface area contributed by atoms with E-state index in [0.29, 0.717) is 21.4 Å². The number of hydrogen-bond donors (Lipinski definition) is 1. The molecule has 0 fully saturated rings. The van der Waals surface area contributed by atoms with Crippen molar-refractivity contribution in [1.29, 1.82) is 5.26 Å². The number of nitrogens with zero attached hydrogens (tertiary/aromatic N) is 4. The lowest BCUT2D eigenvalue weighted by Gasteiger charge is -2.05. The molecule has 2 heterocycles. The Hall–Kier alpha value is -2.20. The van der Waals surface area contributed by atoms with E-state index in [0.717, 1.165) is 0 Å². The molecule has 0 bridgehead atoms. The second-order valence-electron chi connectivity index (χ2n) is 3.49. The molecule has 0 spiro atoms. The Balaban J connectivity index is 2.27. The molecule has 1 N–H and O–H groups in total. The highest BCUT2D eigenvalue weighted by Gasteiger charge is 2.13. The predicted octanol–water partition coefficient (Wildman–Crippen LogP) is 1.70. The molecule has 18 heavy (non-hydrogen) atoms. The van der Waals surface area contributed by atoms with Crippen LogP contribution in [0.4, 0.5) is 5.82 Å². The van der Waals surface area contributed by atoms with Crippen LogP contribution in [0.2, 0.25) is 0 Å². The first-order valence-electron chi connectivity index (χ1n) is 4.96. The minimum Gasteiger partial charge on any atom is -0.306 e. The SMILES string of the molecule is Cn1ncc(C#N)c1NC(=O)c1cncc(Br)c1. The van der Waals surface area contributed by atoms with Crippen LogP contribution in [-0.4, -0.2) is 20.7 Å². The molecule has 0 aliphatic carbocycles. The predicted molar refractivity (Wildman–Crippen MR) is 67.8 cm³/mol. The van der Waals surface area contributed by atoms with E-state index in [1.807, 2.05) is 6.07 Å². The van der Waals surface area contributed by atoms with Gasteiger partial charge in [0.1, 0.15) is 17.5 Å². The zero-order valence-corrected chi connectivity index (χ0v) is 11.0. The molecular formula is C11H8BrN5O. The molecule has 1 amide bonds. The van der Waals surface area contributed by atoms with Gasteiger partial charge in [-0.3, -0.25) is 14.5 Å². The summed E-state index contributed by atoms with van der Waals surface area (Å²) < 4.78 is 2.14. The van der Waals surface area contributed by atoms with Gasteiger partial charge in [0.2, 0.25) is 0 Å². The van der Waals surface area contributed by atoms with Crippen LogP contribution in [0, 0.1) is 11.3 Å². The smallest absolute Gasteiger partial charge is 0.258 e. The van der Waals surface area contributed by atoms with Crippen molar-refractivity contribution in [3.8, 4) is 6.07 Å². The van der Waals surface area contributed by atoms with Crippen molar-refractivity contribution in [2.75, 3.05) is 5.32 Å². The number of anilines is 1. The van der Waals surface area contributed by atoms with Crippen molar-refractivity contribution in [1.82, 2.24) is 14.8 Å². The van der Waals surface area contributed by atoms with E-state index < -0.39 is 0 Å². The van der Waals surface area contributed by atoms with Crippen molar-refractivity contribution < 1.29 is 4.79 Å². The van der Waals surface area contributed by atoms with Crippen LogP contribution in [0.15, 0.2) is 29.1 Å². The number of carbonyl (C=O) groups excluding carboxylic acids is 1. The van der Waals surface area contributed by atoms with Crippen molar-refractivity contribution >= 4 is 27.7 Å². The largest absolute Gasteiger partial charge is 0.306 e. The van der Waals surface area contributed by atoms with E-state index in [4.69, 9.17) is 5.26 Å². The van der Waals surface area contributed by atoms with Gasteiger partial charge < -0.3 is 5.32 Å². The van der Waals surface area contributed by atoms with E-state index >= 15 is 0 Å². The van der Waals surface area contributed by atoms with Crippen LogP contribution in [0.3, 0.4) is 0 Å². The van der Waals surface area contributed by atoms with Gasteiger partial charge in [0.15, 0.2) is 0 Å². The molecule has 0 aliphatic rings. The zero-order chi connectivity index (χ0) is 13.1. The summed E-state index contributed by atoms with van der Waals surface area (Å²) in [4.78, 5) is 15.9. The minimum absolute atomic E-state index is 0.314. The molecule has 0 saturated carbocycles. The molecule has 0 unspecified atom stereocenters. The van der Waals surface area contributed by atoms with Gasteiger partial charge in [-0.05, 0) is 22.0 Å². The minimum atomic E-state index is -0.344. The number of nitriles is 1. The quantitative estimate of drug-likeness (QED) is 0.915. The highest BCUT2D eigenvalue weighted by molar-refractivity contribution is 9.10. The van der Waals surface area contributed by atoms with Gasteiger partial charge in [-0.25, -0.2) is 0 Å². The maximum atomic E-state index is 12.0. The molecule has 2 aromatic heterocycles. The Bertz CT molecular complexity index is 643. The van der Waals surface area contributed by atoms with Gasteiger partial charge in [0.25, 0.3) is 5.91 Å². The average molecular weight is 306 g/mol. The first-order valence-corrected chi connectivity index (χ1v) is 5.75. The van der Waals surface area contributed by atoms with Gasteiger partial charge >= 0.3 is 0 Å². The summed E-state index contributed by atoms with van der Waals surface area (Å²) in [6.07, 6.45) is 4.43. The van der Waals surface area contributed by atoms with Gasteiger partial charge in [-0.1, -0.05) is 0 Å². The molecule has 7 heteroatoms. The summed E-state index contributed by atoms with van der Waals surface area (Å²) in [5.74, 6) is 0.0198. The monoisotopic (exact) mass is 305 g/mol. The van der Waals surface area contributed by atoms with Crippen molar-refractivity contribution in [3.05, 3.63) is 40.3 Å². The number of rotatable bonds is 2. The maximum absolute atomic E-state index is 12.0. The second-order valence-corrected chi connectivity index (χ2v) is 4.40. The summed E-state index contributed by atoms with van der Waals surface area (Å²) in [5.41, 5.74) is 0.711. The first-order chi connectivity index (χ1) is 8.61. The summed E-state index contributed by atoms with van der Waals surface area (Å²) in [6.45, 7) is 0. The van der Waals surface area contributed by atoms with Crippen LogP contribution in [0.25, 0.3) is 0 Å². The Labute approximate surface area is 111 Å². The third-order valence-corrected chi connectivity index (χ3v) is 2.69. The highest BCUT2D eigenvalue weighted by Crippen LogP contribution is 2.15. The molecule has 0 radical (unpaired) electrons. The summed E-state index contributed by atoms with van der Waals surface area (Å²) >= 11 is 3.24. The van der Waals surface area contributed by atoms with Crippen molar-refractivity contribution in [3.63, 3.8) is 0 Å². The fourth-order valence-electron chi connectivity index (χ4n) is 1.38. The number of carbonyl (C=O) groups is 1. The van der Waals surface area contributed by atoms with Crippen LogP contribution in [-0.2, 0) is 7.05 Å². The van der Waals surface area contributed by atoms with E-state index in [2.05, 4.69) is 31.3 Å². The van der Waals surface area contributed by atoms with Crippen molar-refractivity contribution in [2.24, 2.45) is 7.05 Å². The average Bonchev–Trinajstić information content (AvgIpc) is 2.70. The topological polar surface area (TPSA) is 83.6 Å². The standard InChI is InChI=1S/C11H8BrN5O/c1-17-10(8(3-13)5-15-17)16-11(18)7-2-9(12)6-14-4-7/h2,4-6H,1H3,(H,16,18). The molecule has 2 aromatic rings. The third-order valence-electron chi connectivity index (χ3n) is 2.26. The zero-order valence-electron chi connectivity index (χ0n) is 9.38. The van der Waals surface area contributed by atoms with Gasteiger partial charge in [0, 0.05) is 23.9 Å². The highest BCUT2D eigenvalue weighted by atomic mass is 79.9. The summed E-state index contributed by atoms with van der Waals surface area (Å²) in [6, 6.07) is 3.61. The molecule has 90 valence electrons. The Morgan fingerprint density at radius 1 is 1.50 bits per heavy atom. The summed E-state index contributed by atoms with van der Waals surface area (Å²) in [7, 11) is 1.65. The molecule has 6 nitrogen and oxygen atoms in total. The van der Waals surface area contributed by atoms with E-state index in [-0.39, 0.29) is 5.91 Å². The van der Waals surface area contributed by atoms with Gasteiger partial charge in [-0.15, -0.1) is 0 Å². The fourth-order valence-corrected chi connectivity index (χ4v) is 1.75. The number of aryl methyl sites for hydroxylation is 1. The van der Waals surface area contributed by atoms with Crippen LogP contribution >= 0.6 is 15.9 Å². The Kier molecular flexibility index (Phi) is 3.39. The number of nitrogens with one attached hydrogen (secondary N) is 1. The maximum Gasteiger partial charge on any atom is 0.258 e. The van der Waals surface area contributed by atoms with Crippen molar-refractivity contribution in [2.45, 2.75) is 0 Å². The third kappa shape index (κ3) is 2.38. The lowest BCUT2D eigenvalue weighted by atomic mass is 10.2. The van der Waals surface area contributed by atoms with E-state index in [1.54, 1.807) is 19.3 Å². The number of amides is 1. The Morgan fingerprint density at radius 2 is 2.28 bits per heavy atom. The number of pyridine rings is 1. The van der Waals surface area contributed by atoms with E-state index in [1.165, 1.54) is 17.1 Å². The molecular weight excluding hydrogens is 298 g/mol. The number of aromatic nitrogens is 3. The molecule has 0 saturated heterocycles. The van der Waals surface area contributed by atoms with Gasteiger partial charge in [0.05, 0.1) is 11.8 Å². The molecule has 0 aromatic carbocycles. The first kappa shape index (κ1) is 12.3.